The number of carbonyl (C=O) groups excluding carboxylic acids is 2. The zero-order chi connectivity index (χ0) is 18.1. The number of benzene rings is 1. The monoisotopic (exact) mass is 352 g/mol. The highest BCUT2D eigenvalue weighted by Crippen LogP contribution is 2.73. The summed E-state index contributed by atoms with van der Waals surface area (Å²) in [6.07, 6.45) is 8.09. The third-order valence-corrected chi connectivity index (χ3v) is 6.58. The molecule has 6 nitrogen and oxygen atoms in total. The third kappa shape index (κ3) is 1.84. The molecule has 1 aromatic rings. The summed E-state index contributed by atoms with van der Waals surface area (Å²) in [5.74, 6) is 0.892. The van der Waals surface area contributed by atoms with Gasteiger partial charge in [0.1, 0.15) is 11.5 Å². The molecule has 4 atom stereocenters. The van der Waals surface area contributed by atoms with Crippen LogP contribution in [0.25, 0.3) is 0 Å². The predicted molar refractivity (Wildman–Crippen MR) is 93.8 cm³/mol. The maximum atomic E-state index is 12.9. The van der Waals surface area contributed by atoms with Crippen LogP contribution in [0.4, 0.5) is 0 Å². The Labute approximate surface area is 151 Å². The van der Waals surface area contributed by atoms with Gasteiger partial charge in [0.25, 0.3) is 11.8 Å². The Hall–Kier alpha value is -2.63. The first-order chi connectivity index (χ1) is 12.6. The Morgan fingerprint density at radius 3 is 2.27 bits per heavy atom. The third-order valence-electron chi connectivity index (χ3n) is 6.58. The molecule has 0 radical (unpaired) electrons. The molecule has 1 spiro atoms. The number of allylic oxidation sites excluding steroid dienone is 2. The number of imide groups is 1. The van der Waals surface area contributed by atoms with Crippen molar-refractivity contribution in [1.82, 2.24) is 5.01 Å². The summed E-state index contributed by atoms with van der Waals surface area (Å²) in [4.78, 5) is 25.8. The number of hydrazone groups is 1. The van der Waals surface area contributed by atoms with Crippen LogP contribution in [0.3, 0.4) is 0 Å². The predicted octanol–water partition coefficient (Wildman–Crippen LogP) is 2.23. The van der Waals surface area contributed by atoms with Gasteiger partial charge in [0, 0.05) is 11.6 Å². The number of methoxy groups -OCH3 is 2. The average molecular weight is 352 g/mol. The van der Waals surface area contributed by atoms with E-state index in [1.807, 2.05) is 0 Å². The molecule has 0 aromatic heterocycles. The molecule has 134 valence electrons. The van der Waals surface area contributed by atoms with Crippen LogP contribution >= 0.6 is 0 Å². The lowest BCUT2D eigenvalue weighted by atomic mass is 9.85. The van der Waals surface area contributed by atoms with Gasteiger partial charge in [-0.3, -0.25) is 9.59 Å². The zero-order valence-corrected chi connectivity index (χ0v) is 14.7. The van der Waals surface area contributed by atoms with E-state index in [0.717, 1.165) is 17.9 Å². The van der Waals surface area contributed by atoms with Crippen molar-refractivity contribution in [3.63, 3.8) is 0 Å². The van der Waals surface area contributed by atoms with Gasteiger partial charge in [-0.05, 0) is 42.2 Å². The van der Waals surface area contributed by atoms with Crippen molar-refractivity contribution >= 4 is 18.0 Å². The molecule has 26 heavy (non-hydrogen) atoms. The lowest BCUT2D eigenvalue weighted by Gasteiger charge is -2.18. The first kappa shape index (κ1) is 15.6. The van der Waals surface area contributed by atoms with Gasteiger partial charge in [0.15, 0.2) is 0 Å². The molecule has 2 amide bonds. The van der Waals surface area contributed by atoms with Crippen LogP contribution in [0.2, 0.25) is 0 Å². The van der Waals surface area contributed by atoms with Crippen LogP contribution in [0.1, 0.15) is 18.4 Å². The van der Waals surface area contributed by atoms with Gasteiger partial charge in [-0.15, -0.1) is 0 Å². The minimum Gasteiger partial charge on any atom is -0.497 e. The quantitative estimate of drug-likeness (QED) is 0.473. The molecule has 3 aliphatic carbocycles. The first-order valence-corrected chi connectivity index (χ1v) is 8.93. The topological polar surface area (TPSA) is 68.2 Å². The number of hydrogen-bond acceptors (Lipinski definition) is 5. The largest absolute Gasteiger partial charge is 0.497 e. The van der Waals surface area contributed by atoms with Crippen molar-refractivity contribution in [2.24, 2.45) is 34.2 Å². The lowest BCUT2D eigenvalue weighted by Crippen LogP contribution is -2.30. The van der Waals surface area contributed by atoms with Crippen LogP contribution in [-0.2, 0) is 9.59 Å². The fourth-order valence-electron chi connectivity index (χ4n) is 5.22. The summed E-state index contributed by atoms with van der Waals surface area (Å²) in [6.45, 7) is 0. The molecule has 3 fully saturated rings. The summed E-state index contributed by atoms with van der Waals surface area (Å²) in [5.41, 5.74) is 0.890. The Kier molecular flexibility index (Phi) is 3.12. The molecule has 0 N–H and O–H groups in total. The van der Waals surface area contributed by atoms with E-state index in [4.69, 9.17) is 9.47 Å². The number of hydrogen-bond donors (Lipinski definition) is 0. The second-order valence-corrected chi connectivity index (χ2v) is 7.56. The van der Waals surface area contributed by atoms with E-state index in [1.54, 1.807) is 32.4 Å². The highest BCUT2D eigenvalue weighted by atomic mass is 16.5. The van der Waals surface area contributed by atoms with E-state index < -0.39 is 0 Å². The minimum absolute atomic E-state index is 0.160. The summed E-state index contributed by atoms with van der Waals surface area (Å²) in [7, 11) is 3.14. The summed E-state index contributed by atoms with van der Waals surface area (Å²) < 4.78 is 10.5. The Morgan fingerprint density at radius 2 is 1.73 bits per heavy atom. The van der Waals surface area contributed by atoms with Crippen molar-refractivity contribution in [3.05, 3.63) is 35.9 Å². The van der Waals surface area contributed by atoms with Gasteiger partial charge in [0.05, 0.1) is 32.3 Å². The summed E-state index contributed by atoms with van der Waals surface area (Å²) >= 11 is 0. The molecule has 4 aliphatic rings. The number of carbonyl (C=O) groups is 2. The zero-order valence-electron chi connectivity index (χ0n) is 14.7. The number of nitrogens with zero attached hydrogens (tertiary/aromatic N) is 2. The van der Waals surface area contributed by atoms with E-state index in [0.29, 0.717) is 17.1 Å². The highest BCUT2D eigenvalue weighted by molar-refractivity contribution is 6.07. The van der Waals surface area contributed by atoms with Gasteiger partial charge < -0.3 is 9.47 Å². The molecule has 1 aliphatic heterocycles. The molecule has 2 saturated carbocycles. The molecular formula is C20H20N2O4. The maximum Gasteiger partial charge on any atom is 0.254 e. The van der Waals surface area contributed by atoms with Gasteiger partial charge in [0.2, 0.25) is 0 Å². The van der Waals surface area contributed by atoms with E-state index in [1.165, 1.54) is 6.21 Å². The fraction of sp³-hybridized carbons (Fsp3) is 0.450. The van der Waals surface area contributed by atoms with Crippen LogP contribution in [0, 0.1) is 29.1 Å². The molecule has 1 aromatic carbocycles. The highest BCUT2D eigenvalue weighted by Gasteiger charge is 2.73. The van der Waals surface area contributed by atoms with Crippen LogP contribution < -0.4 is 9.47 Å². The number of ether oxygens (including phenoxy) is 2. The second-order valence-electron chi connectivity index (χ2n) is 7.56. The number of amides is 2. The van der Waals surface area contributed by atoms with E-state index >= 15 is 0 Å². The molecule has 1 heterocycles. The molecule has 0 unspecified atom stereocenters. The van der Waals surface area contributed by atoms with E-state index in [9.17, 15) is 9.59 Å². The standard InChI is InChI=1S/C20H20N2O4/c1-25-12-4-3-11(15(9-12)26-2)10-21-22-18(23)16-13-5-6-14(17(16)19(22)24)20(13)7-8-20/h3-6,9-10,13-14,16-17H,7-8H2,1-2H3/b21-10-/t13-,14-,16-,17+/m0/s1. The smallest absolute Gasteiger partial charge is 0.254 e. The fourth-order valence-corrected chi connectivity index (χ4v) is 5.22. The van der Waals surface area contributed by atoms with Gasteiger partial charge in [-0.2, -0.15) is 10.1 Å². The molecule has 2 bridgehead atoms. The van der Waals surface area contributed by atoms with Crippen molar-refractivity contribution in [3.8, 4) is 11.5 Å². The molecule has 1 saturated heterocycles. The average Bonchev–Trinajstić information content (AvgIpc) is 3.26. The number of rotatable bonds is 4. The summed E-state index contributed by atoms with van der Waals surface area (Å²) in [6, 6.07) is 5.31. The lowest BCUT2D eigenvalue weighted by molar-refractivity contribution is -0.141. The second kappa shape index (κ2) is 5.19. The Morgan fingerprint density at radius 1 is 1.08 bits per heavy atom. The SMILES string of the molecule is COc1ccc(/C=N\N2C(=O)[C@@H]3[C@H](C2=O)[C@@H]2C=C[C@@H]3C23CC3)c(OC)c1. The number of fused-ring (bicyclic) bond motifs is 3. The first-order valence-electron chi connectivity index (χ1n) is 8.93. The molecular weight excluding hydrogens is 332 g/mol. The van der Waals surface area contributed by atoms with E-state index in [2.05, 4.69) is 17.3 Å². The van der Waals surface area contributed by atoms with Crippen molar-refractivity contribution in [1.29, 1.82) is 0 Å². The van der Waals surface area contributed by atoms with Crippen LogP contribution in [0.5, 0.6) is 11.5 Å². The van der Waals surface area contributed by atoms with E-state index in [-0.39, 0.29) is 40.9 Å². The van der Waals surface area contributed by atoms with Crippen LogP contribution in [-0.4, -0.2) is 37.3 Å². The Balaban J connectivity index is 1.42. The summed E-state index contributed by atoms with van der Waals surface area (Å²) in [5, 5.41) is 5.30. The minimum atomic E-state index is -0.227. The maximum absolute atomic E-state index is 12.9. The molecule has 5 rings (SSSR count). The van der Waals surface area contributed by atoms with Gasteiger partial charge in [-0.25, -0.2) is 0 Å². The van der Waals surface area contributed by atoms with Crippen LogP contribution in [0.15, 0.2) is 35.5 Å². The Bertz CT molecular complexity index is 837. The molecule has 6 heteroatoms. The normalized spacial score (nSPS) is 32.8. The van der Waals surface area contributed by atoms with Crippen molar-refractivity contribution in [2.75, 3.05) is 14.2 Å². The van der Waals surface area contributed by atoms with Crippen molar-refractivity contribution < 1.29 is 19.1 Å². The van der Waals surface area contributed by atoms with Gasteiger partial charge in [-0.1, -0.05) is 12.2 Å². The van der Waals surface area contributed by atoms with Crippen molar-refractivity contribution in [2.45, 2.75) is 12.8 Å². The van der Waals surface area contributed by atoms with Gasteiger partial charge >= 0.3 is 0 Å².